The van der Waals surface area contributed by atoms with Crippen LogP contribution in [0.4, 0.5) is 0 Å². The molecule has 0 radical (unpaired) electrons. The summed E-state index contributed by atoms with van der Waals surface area (Å²) in [5.41, 5.74) is 1.51. The lowest BCUT2D eigenvalue weighted by Gasteiger charge is -2.20. The third-order valence-electron chi connectivity index (χ3n) is 7.38. The molecule has 0 aromatic heterocycles. The van der Waals surface area contributed by atoms with E-state index >= 15 is 0 Å². The third kappa shape index (κ3) is 22.0. The Labute approximate surface area is 221 Å². The van der Waals surface area contributed by atoms with Gasteiger partial charge in [-0.1, -0.05) is 147 Å². The monoisotopic (exact) mass is 493 g/mol. The Morgan fingerprint density at radius 2 is 0.794 bits per heavy atom. The molecule has 200 valence electrons. The minimum absolute atomic E-state index is 0. The molecule has 0 saturated heterocycles. The van der Waals surface area contributed by atoms with Gasteiger partial charge in [0.1, 0.15) is 0 Å². The van der Waals surface area contributed by atoms with Gasteiger partial charge in [0.2, 0.25) is 0 Å². The maximum Gasteiger partial charge on any atom is 0.0811 e. The highest BCUT2D eigenvalue weighted by Gasteiger charge is 2.09. The fraction of sp³-hybridized carbons (Fsp3) is 0.812. The van der Waals surface area contributed by atoms with Crippen LogP contribution in [0.5, 0.6) is 0 Å². The first-order valence-corrected chi connectivity index (χ1v) is 15.2. The summed E-state index contributed by atoms with van der Waals surface area (Å²) in [7, 11) is 0. The van der Waals surface area contributed by atoms with Crippen LogP contribution in [-0.2, 0) is 6.42 Å². The molecule has 34 heavy (non-hydrogen) atoms. The molecule has 0 amide bonds. The van der Waals surface area contributed by atoms with Crippen LogP contribution < -0.4 is 17.3 Å². The summed E-state index contributed by atoms with van der Waals surface area (Å²) >= 11 is 0. The lowest BCUT2D eigenvalue weighted by Crippen LogP contribution is -3.12. The van der Waals surface area contributed by atoms with Gasteiger partial charge in [0.05, 0.1) is 19.6 Å². The Hall–Kier alpha value is -0.530. The number of quaternary nitrogens is 1. The summed E-state index contributed by atoms with van der Waals surface area (Å²) in [5, 5.41) is 0. The molecule has 1 aromatic rings. The smallest absolute Gasteiger partial charge is 0.0811 e. The molecule has 0 heterocycles. The third-order valence-corrected chi connectivity index (χ3v) is 7.38. The molecule has 0 unspecified atom stereocenters. The Morgan fingerprint density at radius 1 is 0.441 bits per heavy atom. The highest BCUT2D eigenvalue weighted by molar-refractivity contribution is 5.14. The van der Waals surface area contributed by atoms with Gasteiger partial charge in [0, 0.05) is 6.42 Å². The second-order valence-electron chi connectivity index (χ2n) is 10.6. The van der Waals surface area contributed by atoms with E-state index in [-0.39, 0.29) is 12.4 Å². The molecular formula is C32H60ClN. The maximum atomic E-state index is 2.31. The van der Waals surface area contributed by atoms with Crippen LogP contribution in [0, 0.1) is 0 Å². The van der Waals surface area contributed by atoms with E-state index in [1.54, 1.807) is 0 Å². The van der Waals surface area contributed by atoms with Crippen molar-refractivity contribution in [1.29, 1.82) is 0 Å². The van der Waals surface area contributed by atoms with Crippen LogP contribution in [-0.4, -0.2) is 19.6 Å². The van der Waals surface area contributed by atoms with E-state index in [1.165, 1.54) is 160 Å². The highest BCUT2D eigenvalue weighted by Crippen LogP contribution is 2.11. The average molecular weight is 494 g/mol. The lowest BCUT2D eigenvalue weighted by atomic mass is 10.1. The minimum Gasteiger partial charge on any atom is -1.00 e. The predicted molar refractivity (Wildman–Crippen MR) is 149 cm³/mol. The van der Waals surface area contributed by atoms with Crippen molar-refractivity contribution in [2.45, 2.75) is 149 Å². The minimum atomic E-state index is 0. The molecule has 1 aromatic carbocycles. The van der Waals surface area contributed by atoms with Gasteiger partial charge >= 0.3 is 0 Å². The molecule has 0 spiro atoms. The van der Waals surface area contributed by atoms with Crippen molar-refractivity contribution in [2.75, 3.05) is 19.6 Å². The first-order valence-electron chi connectivity index (χ1n) is 15.2. The topological polar surface area (TPSA) is 4.44 Å². The van der Waals surface area contributed by atoms with E-state index in [0.29, 0.717) is 0 Å². The van der Waals surface area contributed by atoms with E-state index in [2.05, 4.69) is 44.2 Å². The molecule has 0 aliphatic carbocycles. The molecule has 0 bridgehead atoms. The standard InChI is InChI=1S/C32H59N.ClH/c1-3-5-7-9-11-13-15-17-19-24-29-33(31-28-32-26-22-21-23-27-32)30-25-20-18-16-14-12-10-8-6-4-2;/h21-23,26-27H,3-20,24-25,28-31H2,1-2H3;1H. The summed E-state index contributed by atoms with van der Waals surface area (Å²) in [6.45, 7) is 8.71. The van der Waals surface area contributed by atoms with Crippen LogP contribution in [0.1, 0.15) is 148 Å². The lowest BCUT2D eigenvalue weighted by molar-refractivity contribution is -0.900. The molecule has 0 atom stereocenters. The Balaban J connectivity index is 0.0000109. The van der Waals surface area contributed by atoms with Gasteiger partial charge in [-0.05, 0) is 31.2 Å². The number of benzene rings is 1. The van der Waals surface area contributed by atoms with Crippen LogP contribution >= 0.6 is 0 Å². The summed E-state index contributed by atoms with van der Waals surface area (Å²) in [4.78, 5) is 1.86. The Bertz CT molecular complexity index is 465. The van der Waals surface area contributed by atoms with Crippen molar-refractivity contribution < 1.29 is 17.3 Å². The number of hydrogen-bond acceptors (Lipinski definition) is 0. The van der Waals surface area contributed by atoms with Crippen molar-refractivity contribution in [3.8, 4) is 0 Å². The Morgan fingerprint density at radius 3 is 1.18 bits per heavy atom. The van der Waals surface area contributed by atoms with Crippen molar-refractivity contribution in [1.82, 2.24) is 0 Å². The first kappa shape index (κ1) is 33.5. The van der Waals surface area contributed by atoms with Crippen LogP contribution in [0.25, 0.3) is 0 Å². The highest BCUT2D eigenvalue weighted by atomic mass is 35.5. The molecule has 0 fully saturated rings. The maximum absolute atomic E-state index is 2.31. The predicted octanol–water partition coefficient (Wildman–Crippen LogP) is 5.96. The zero-order valence-electron chi connectivity index (χ0n) is 23.2. The SMILES string of the molecule is CCCCCCCCCCCC[NH+](CCCCCCCCCCCC)CCc1ccccc1.[Cl-]. The van der Waals surface area contributed by atoms with Crippen LogP contribution in [0.2, 0.25) is 0 Å². The van der Waals surface area contributed by atoms with E-state index in [4.69, 9.17) is 0 Å². The summed E-state index contributed by atoms with van der Waals surface area (Å²) in [6, 6.07) is 11.1. The van der Waals surface area contributed by atoms with Gasteiger partial charge in [-0.2, -0.15) is 0 Å². The van der Waals surface area contributed by atoms with Gasteiger partial charge in [-0.3, -0.25) is 0 Å². The fourth-order valence-electron chi connectivity index (χ4n) is 5.07. The normalized spacial score (nSPS) is 11.1. The van der Waals surface area contributed by atoms with E-state index in [1.807, 2.05) is 4.90 Å². The number of hydrogen-bond donors (Lipinski definition) is 1. The second-order valence-corrected chi connectivity index (χ2v) is 10.6. The quantitative estimate of drug-likeness (QED) is 0.160. The molecule has 0 aliphatic rings. The number of nitrogens with one attached hydrogen (secondary N) is 1. The zero-order chi connectivity index (χ0) is 23.7. The fourth-order valence-corrected chi connectivity index (χ4v) is 5.07. The van der Waals surface area contributed by atoms with Gasteiger partial charge in [0.25, 0.3) is 0 Å². The average Bonchev–Trinajstić information content (AvgIpc) is 2.85. The number of unbranched alkanes of at least 4 members (excludes halogenated alkanes) is 18. The van der Waals surface area contributed by atoms with Gasteiger partial charge < -0.3 is 17.3 Å². The summed E-state index contributed by atoms with van der Waals surface area (Å²) in [6.07, 6.45) is 30.1. The molecule has 1 rings (SSSR count). The Kier molecular flexibility index (Phi) is 26.6. The number of halogens is 1. The van der Waals surface area contributed by atoms with E-state index in [9.17, 15) is 0 Å². The molecular weight excluding hydrogens is 434 g/mol. The van der Waals surface area contributed by atoms with Gasteiger partial charge in [-0.15, -0.1) is 0 Å². The molecule has 1 N–H and O–H groups in total. The first-order chi connectivity index (χ1) is 16.4. The van der Waals surface area contributed by atoms with E-state index in [0.717, 1.165) is 0 Å². The van der Waals surface area contributed by atoms with Crippen LogP contribution in [0.15, 0.2) is 30.3 Å². The number of rotatable bonds is 25. The van der Waals surface area contributed by atoms with Gasteiger partial charge in [0.15, 0.2) is 0 Å². The zero-order valence-corrected chi connectivity index (χ0v) is 24.0. The van der Waals surface area contributed by atoms with Crippen molar-refractivity contribution in [2.24, 2.45) is 0 Å². The second kappa shape index (κ2) is 27.1. The van der Waals surface area contributed by atoms with Crippen LogP contribution in [0.3, 0.4) is 0 Å². The van der Waals surface area contributed by atoms with Crippen molar-refractivity contribution >= 4 is 0 Å². The van der Waals surface area contributed by atoms with E-state index < -0.39 is 0 Å². The molecule has 0 aliphatic heterocycles. The molecule has 1 nitrogen and oxygen atoms in total. The molecule has 2 heteroatoms. The summed E-state index contributed by atoms with van der Waals surface area (Å²) < 4.78 is 0. The van der Waals surface area contributed by atoms with Gasteiger partial charge in [-0.25, -0.2) is 0 Å². The van der Waals surface area contributed by atoms with Crippen molar-refractivity contribution in [3.05, 3.63) is 35.9 Å². The van der Waals surface area contributed by atoms with Crippen molar-refractivity contribution in [3.63, 3.8) is 0 Å². The largest absolute Gasteiger partial charge is 1.00 e. The summed E-state index contributed by atoms with van der Waals surface area (Å²) in [5.74, 6) is 0. The molecule has 0 saturated carbocycles.